The fourth-order valence-electron chi connectivity index (χ4n) is 2.12. The first-order valence-electron chi connectivity index (χ1n) is 6.94. The molecule has 0 radical (unpaired) electrons. The minimum absolute atomic E-state index is 0.695. The topological polar surface area (TPSA) is 35.2 Å². The molecule has 0 bridgehead atoms. The third-order valence-corrected chi connectivity index (χ3v) is 4.66. The Morgan fingerprint density at radius 1 is 1.14 bits per heavy atom. The van der Waals surface area contributed by atoms with E-state index in [1.807, 2.05) is 18.2 Å². The smallest absolute Gasteiger partial charge is 0.119 e. The molecule has 2 aromatic carbocycles. The summed E-state index contributed by atoms with van der Waals surface area (Å²) in [6.07, 6.45) is 0.947. The van der Waals surface area contributed by atoms with Crippen LogP contribution in [0, 0.1) is 13.8 Å². The van der Waals surface area contributed by atoms with Gasteiger partial charge in [-0.2, -0.15) is 0 Å². The molecule has 2 aromatic rings. The lowest BCUT2D eigenvalue weighted by Gasteiger charge is -2.09. The second kappa shape index (κ2) is 7.62. The van der Waals surface area contributed by atoms with Crippen LogP contribution in [-0.4, -0.2) is 12.4 Å². The van der Waals surface area contributed by atoms with Gasteiger partial charge in [0.25, 0.3) is 0 Å². The average Bonchev–Trinajstić information content (AvgIpc) is 2.40. The Labute approximate surface area is 135 Å². The summed E-state index contributed by atoms with van der Waals surface area (Å²) in [5, 5.41) is 0.718. The van der Waals surface area contributed by atoms with Crippen molar-refractivity contribution >= 4 is 29.1 Å². The van der Waals surface area contributed by atoms with E-state index in [1.54, 1.807) is 11.8 Å². The van der Waals surface area contributed by atoms with Gasteiger partial charge in [0.1, 0.15) is 5.75 Å². The van der Waals surface area contributed by atoms with Crippen LogP contribution in [-0.2, 0) is 0 Å². The van der Waals surface area contributed by atoms with Crippen LogP contribution < -0.4 is 10.5 Å². The van der Waals surface area contributed by atoms with E-state index in [0.717, 1.165) is 33.5 Å². The van der Waals surface area contributed by atoms with Crippen LogP contribution in [0.2, 0.25) is 5.02 Å². The van der Waals surface area contributed by atoms with Gasteiger partial charge in [-0.1, -0.05) is 23.7 Å². The predicted octanol–water partition coefficient (Wildman–Crippen LogP) is 5.10. The van der Waals surface area contributed by atoms with Gasteiger partial charge in [0.05, 0.1) is 11.6 Å². The zero-order valence-corrected chi connectivity index (χ0v) is 13.9. The highest BCUT2D eigenvalue weighted by Crippen LogP contribution is 2.32. The molecule has 0 aliphatic carbocycles. The molecule has 0 aliphatic heterocycles. The highest BCUT2D eigenvalue weighted by Gasteiger charge is 2.05. The first kappa shape index (κ1) is 16.1. The Kier molecular flexibility index (Phi) is 5.83. The summed E-state index contributed by atoms with van der Waals surface area (Å²) in [6.45, 7) is 4.85. The zero-order chi connectivity index (χ0) is 15.2. The molecule has 0 aliphatic rings. The van der Waals surface area contributed by atoms with Crippen molar-refractivity contribution in [3.05, 3.63) is 52.5 Å². The predicted molar refractivity (Wildman–Crippen MR) is 92.6 cm³/mol. The molecule has 0 atom stereocenters. The van der Waals surface area contributed by atoms with E-state index in [0.29, 0.717) is 6.61 Å². The molecule has 0 unspecified atom stereocenters. The Bertz CT molecular complexity index is 575. The first-order valence-corrected chi connectivity index (χ1v) is 8.30. The van der Waals surface area contributed by atoms with Gasteiger partial charge in [0.15, 0.2) is 0 Å². The van der Waals surface area contributed by atoms with Crippen molar-refractivity contribution in [2.24, 2.45) is 0 Å². The van der Waals surface area contributed by atoms with E-state index in [-0.39, 0.29) is 0 Å². The standard InChI is InChI=1S/C17H20ClNOS/c1-12-9-13(2)11-14(10-12)20-7-4-8-21-17-15(18)5-3-6-16(17)19/h3,5-6,9-11H,4,7-8,19H2,1-2H3. The van der Waals surface area contributed by atoms with E-state index in [9.17, 15) is 0 Å². The summed E-state index contributed by atoms with van der Waals surface area (Å²) in [7, 11) is 0. The molecule has 112 valence electrons. The van der Waals surface area contributed by atoms with Crippen LogP contribution in [0.25, 0.3) is 0 Å². The first-order chi connectivity index (χ1) is 10.1. The monoisotopic (exact) mass is 321 g/mol. The number of rotatable bonds is 6. The summed E-state index contributed by atoms with van der Waals surface area (Å²) in [5.41, 5.74) is 9.11. The van der Waals surface area contributed by atoms with E-state index in [1.165, 1.54) is 11.1 Å². The Balaban J connectivity index is 1.77. The fourth-order valence-corrected chi connectivity index (χ4v) is 3.37. The SMILES string of the molecule is Cc1cc(C)cc(OCCCSc2c(N)cccc2Cl)c1. The van der Waals surface area contributed by atoms with E-state index in [4.69, 9.17) is 22.1 Å². The van der Waals surface area contributed by atoms with Gasteiger partial charge >= 0.3 is 0 Å². The van der Waals surface area contributed by atoms with Gasteiger partial charge in [-0.25, -0.2) is 0 Å². The Morgan fingerprint density at radius 2 is 1.86 bits per heavy atom. The summed E-state index contributed by atoms with van der Waals surface area (Å²) in [4.78, 5) is 0.963. The lowest BCUT2D eigenvalue weighted by molar-refractivity contribution is 0.318. The lowest BCUT2D eigenvalue weighted by Crippen LogP contribution is -2.00. The van der Waals surface area contributed by atoms with Crippen molar-refractivity contribution in [2.45, 2.75) is 25.2 Å². The molecule has 2 N–H and O–H groups in total. The molecule has 0 fully saturated rings. The second-order valence-corrected chi connectivity index (χ2v) is 6.54. The van der Waals surface area contributed by atoms with Gasteiger partial charge in [-0.15, -0.1) is 11.8 Å². The van der Waals surface area contributed by atoms with Crippen molar-refractivity contribution in [3.8, 4) is 5.75 Å². The molecule has 0 spiro atoms. The quantitative estimate of drug-likeness (QED) is 0.456. The number of nitrogens with two attached hydrogens (primary N) is 1. The number of hydrogen-bond acceptors (Lipinski definition) is 3. The van der Waals surface area contributed by atoms with Crippen LogP contribution in [0.15, 0.2) is 41.3 Å². The summed E-state index contributed by atoms with van der Waals surface area (Å²) >= 11 is 7.82. The zero-order valence-electron chi connectivity index (χ0n) is 12.4. The molecule has 2 rings (SSSR count). The van der Waals surface area contributed by atoms with Crippen molar-refractivity contribution < 1.29 is 4.74 Å². The largest absolute Gasteiger partial charge is 0.494 e. The van der Waals surface area contributed by atoms with Crippen LogP contribution >= 0.6 is 23.4 Å². The molecule has 4 heteroatoms. The van der Waals surface area contributed by atoms with Gasteiger partial charge < -0.3 is 10.5 Å². The van der Waals surface area contributed by atoms with Gasteiger partial charge in [0, 0.05) is 16.3 Å². The number of ether oxygens (including phenoxy) is 1. The molecular formula is C17H20ClNOS. The van der Waals surface area contributed by atoms with Crippen molar-refractivity contribution in [3.63, 3.8) is 0 Å². The highest BCUT2D eigenvalue weighted by molar-refractivity contribution is 7.99. The van der Waals surface area contributed by atoms with Crippen molar-refractivity contribution in [1.29, 1.82) is 0 Å². The summed E-state index contributed by atoms with van der Waals surface area (Å²) < 4.78 is 5.79. The maximum atomic E-state index is 6.14. The second-order valence-electron chi connectivity index (χ2n) is 5.03. The normalized spacial score (nSPS) is 10.6. The molecule has 0 heterocycles. The maximum Gasteiger partial charge on any atom is 0.119 e. The number of benzene rings is 2. The minimum Gasteiger partial charge on any atom is -0.494 e. The molecule has 0 aromatic heterocycles. The summed E-state index contributed by atoms with van der Waals surface area (Å²) in [5.74, 6) is 1.87. The Hall–Kier alpha value is -1.32. The molecule has 0 saturated heterocycles. The van der Waals surface area contributed by atoms with Crippen molar-refractivity contribution in [2.75, 3.05) is 18.1 Å². The lowest BCUT2D eigenvalue weighted by atomic mass is 10.1. The molecular weight excluding hydrogens is 302 g/mol. The third-order valence-electron chi connectivity index (χ3n) is 3.00. The number of nitrogen functional groups attached to an aromatic ring is 1. The van der Waals surface area contributed by atoms with Crippen LogP contribution in [0.5, 0.6) is 5.75 Å². The number of aryl methyl sites for hydroxylation is 2. The van der Waals surface area contributed by atoms with Gasteiger partial charge in [-0.3, -0.25) is 0 Å². The Morgan fingerprint density at radius 3 is 2.52 bits per heavy atom. The van der Waals surface area contributed by atoms with Crippen molar-refractivity contribution in [1.82, 2.24) is 0 Å². The third kappa shape index (κ3) is 4.87. The maximum absolute atomic E-state index is 6.14. The molecule has 2 nitrogen and oxygen atoms in total. The molecule has 0 saturated carbocycles. The van der Waals surface area contributed by atoms with Crippen LogP contribution in [0.3, 0.4) is 0 Å². The van der Waals surface area contributed by atoms with Crippen LogP contribution in [0.4, 0.5) is 5.69 Å². The van der Waals surface area contributed by atoms with Gasteiger partial charge in [-0.05, 0) is 55.7 Å². The minimum atomic E-state index is 0.695. The number of thioether (sulfide) groups is 1. The average molecular weight is 322 g/mol. The van der Waals surface area contributed by atoms with Gasteiger partial charge in [0.2, 0.25) is 0 Å². The van der Waals surface area contributed by atoms with Crippen LogP contribution in [0.1, 0.15) is 17.5 Å². The number of halogens is 1. The molecule has 21 heavy (non-hydrogen) atoms. The molecule has 0 amide bonds. The van der Waals surface area contributed by atoms with E-state index < -0.39 is 0 Å². The van der Waals surface area contributed by atoms with E-state index in [2.05, 4.69) is 32.0 Å². The number of hydrogen-bond donors (Lipinski definition) is 1. The highest BCUT2D eigenvalue weighted by atomic mass is 35.5. The summed E-state index contributed by atoms with van der Waals surface area (Å²) in [6, 6.07) is 11.9. The fraction of sp³-hybridized carbons (Fsp3) is 0.294. The number of anilines is 1. The van der Waals surface area contributed by atoms with E-state index >= 15 is 0 Å².